The van der Waals surface area contributed by atoms with Crippen molar-refractivity contribution < 1.29 is 4.74 Å². The fourth-order valence-electron chi connectivity index (χ4n) is 1.69. The molecule has 0 fully saturated rings. The summed E-state index contributed by atoms with van der Waals surface area (Å²) in [7, 11) is 1.68. The Kier molecular flexibility index (Phi) is 4.73. The molecule has 0 radical (unpaired) electrons. The number of nitrogens with one attached hydrogen (secondary N) is 1. The van der Waals surface area contributed by atoms with Gasteiger partial charge in [-0.3, -0.25) is 0 Å². The minimum Gasteiger partial charge on any atom is -0.497 e. The fraction of sp³-hybridized carbons (Fsp3) is 0.357. The third-order valence-electron chi connectivity index (χ3n) is 2.67. The van der Waals surface area contributed by atoms with Crippen LogP contribution in [0.1, 0.15) is 16.3 Å². The van der Waals surface area contributed by atoms with E-state index in [-0.39, 0.29) is 0 Å². The molecule has 96 valence electrons. The van der Waals surface area contributed by atoms with Crippen LogP contribution < -0.4 is 10.1 Å². The molecule has 1 N–H and O–H groups in total. The highest BCUT2D eigenvalue weighted by Crippen LogP contribution is 2.11. The molecule has 0 aliphatic carbocycles. The Balaban J connectivity index is 1.71. The monoisotopic (exact) mass is 262 g/mol. The van der Waals surface area contributed by atoms with E-state index in [9.17, 15) is 0 Å². The van der Waals surface area contributed by atoms with Gasteiger partial charge in [-0.1, -0.05) is 12.1 Å². The van der Waals surface area contributed by atoms with Crippen LogP contribution in [0.3, 0.4) is 0 Å². The maximum atomic E-state index is 5.13. The molecule has 4 heteroatoms. The lowest BCUT2D eigenvalue weighted by molar-refractivity contribution is 0.414. The molecule has 0 amide bonds. The largest absolute Gasteiger partial charge is 0.497 e. The predicted octanol–water partition coefficient (Wildman–Crippen LogP) is 2.79. The van der Waals surface area contributed by atoms with Crippen LogP contribution in [0.2, 0.25) is 0 Å². The second kappa shape index (κ2) is 6.52. The maximum Gasteiger partial charge on any atom is 0.118 e. The van der Waals surface area contributed by atoms with Gasteiger partial charge in [-0.05, 0) is 24.6 Å². The number of rotatable bonds is 6. The molecule has 0 spiro atoms. The van der Waals surface area contributed by atoms with Gasteiger partial charge in [0.1, 0.15) is 5.75 Å². The van der Waals surface area contributed by atoms with Crippen molar-refractivity contribution in [3.05, 3.63) is 45.9 Å². The third-order valence-corrected chi connectivity index (χ3v) is 3.70. The summed E-state index contributed by atoms with van der Waals surface area (Å²) in [4.78, 5) is 4.44. The smallest absolute Gasteiger partial charge is 0.118 e. The number of aryl methyl sites for hydroxylation is 1. The summed E-state index contributed by atoms with van der Waals surface area (Å²) in [5.41, 5.74) is 2.39. The van der Waals surface area contributed by atoms with E-state index in [1.165, 1.54) is 10.6 Å². The Morgan fingerprint density at radius 2 is 2.06 bits per heavy atom. The van der Waals surface area contributed by atoms with Gasteiger partial charge >= 0.3 is 0 Å². The molecular formula is C14H18N2OS. The van der Waals surface area contributed by atoms with Gasteiger partial charge in [-0.2, -0.15) is 0 Å². The first kappa shape index (κ1) is 13.1. The molecule has 0 saturated carbocycles. The zero-order valence-corrected chi connectivity index (χ0v) is 11.6. The van der Waals surface area contributed by atoms with E-state index in [1.807, 2.05) is 19.1 Å². The first-order valence-electron chi connectivity index (χ1n) is 6.02. The topological polar surface area (TPSA) is 34.1 Å². The van der Waals surface area contributed by atoms with Crippen LogP contribution in [0.5, 0.6) is 5.75 Å². The standard InChI is InChI=1S/C14H18N2OS/c1-11-10-18-14(16-11)7-8-15-9-12-3-5-13(17-2)6-4-12/h3-6,10,15H,7-9H2,1-2H3. The minimum atomic E-state index is 0.883. The number of thiazole rings is 1. The second-order valence-electron chi connectivity index (χ2n) is 4.16. The number of benzene rings is 1. The number of aromatic nitrogens is 1. The molecule has 0 bridgehead atoms. The lowest BCUT2D eigenvalue weighted by atomic mass is 10.2. The Morgan fingerprint density at radius 3 is 2.67 bits per heavy atom. The molecule has 0 atom stereocenters. The van der Waals surface area contributed by atoms with Crippen LogP contribution in [0.4, 0.5) is 0 Å². The summed E-state index contributed by atoms with van der Waals surface area (Å²) in [5.74, 6) is 0.900. The van der Waals surface area contributed by atoms with Gasteiger partial charge in [0.15, 0.2) is 0 Å². The molecule has 2 rings (SSSR count). The van der Waals surface area contributed by atoms with Crippen LogP contribution >= 0.6 is 11.3 Å². The quantitative estimate of drug-likeness (QED) is 0.813. The third kappa shape index (κ3) is 3.82. The highest BCUT2D eigenvalue weighted by molar-refractivity contribution is 7.09. The number of ether oxygens (including phenoxy) is 1. The van der Waals surface area contributed by atoms with E-state index in [1.54, 1.807) is 18.4 Å². The number of methoxy groups -OCH3 is 1. The van der Waals surface area contributed by atoms with Gasteiger partial charge in [0, 0.05) is 30.6 Å². The van der Waals surface area contributed by atoms with Crippen LogP contribution in [0.15, 0.2) is 29.6 Å². The van der Waals surface area contributed by atoms with Crippen molar-refractivity contribution in [1.29, 1.82) is 0 Å². The van der Waals surface area contributed by atoms with Gasteiger partial charge in [-0.25, -0.2) is 4.98 Å². The van der Waals surface area contributed by atoms with Crippen LogP contribution in [-0.2, 0) is 13.0 Å². The van der Waals surface area contributed by atoms with Crippen LogP contribution in [0, 0.1) is 6.92 Å². The van der Waals surface area contributed by atoms with Gasteiger partial charge in [0.05, 0.1) is 12.1 Å². The van der Waals surface area contributed by atoms with Gasteiger partial charge in [0.2, 0.25) is 0 Å². The predicted molar refractivity (Wildman–Crippen MR) is 75.3 cm³/mol. The van der Waals surface area contributed by atoms with Crippen LogP contribution in [0.25, 0.3) is 0 Å². The van der Waals surface area contributed by atoms with Gasteiger partial charge in [0.25, 0.3) is 0 Å². The summed E-state index contributed by atoms with van der Waals surface area (Å²) in [6.07, 6.45) is 0.995. The van der Waals surface area contributed by atoms with E-state index in [0.717, 1.165) is 31.0 Å². The number of nitrogens with zero attached hydrogens (tertiary/aromatic N) is 1. The van der Waals surface area contributed by atoms with E-state index < -0.39 is 0 Å². The molecule has 2 aromatic rings. The van der Waals surface area contributed by atoms with E-state index in [2.05, 4.69) is 27.8 Å². The summed E-state index contributed by atoms with van der Waals surface area (Å²) >= 11 is 1.73. The highest BCUT2D eigenvalue weighted by Gasteiger charge is 1.98. The van der Waals surface area contributed by atoms with Crippen molar-refractivity contribution in [1.82, 2.24) is 10.3 Å². The average molecular weight is 262 g/mol. The average Bonchev–Trinajstić information content (AvgIpc) is 2.81. The molecule has 1 aromatic carbocycles. The lowest BCUT2D eigenvalue weighted by Crippen LogP contribution is -2.16. The van der Waals surface area contributed by atoms with Crippen molar-refractivity contribution >= 4 is 11.3 Å². The summed E-state index contributed by atoms with van der Waals surface area (Å²) < 4.78 is 5.13. The Morgan fingerprint density at radius 1 is 1.28 bits per heavy atom. The van der Waals surface area contributed by atoms with Crippen LogP contribution in [-0.4, -0.2) is 18.6 Å². The van der Waals surface area contributed by atoms with E-state index in [4.69, 9.17) is 4.74 Å². The first-order chi connectivity index (χ1) is 8.78. The van der Waals surface area contributed by atoms with Crippen molar-refractivity contribution in [3.8, 4) is 5.75 Å². The Hall–Kier alpha value is -1.39. The molecule has 1 heterocycles. The molecule has 0 unspecified atom stereocenters. The summed E-state index contributed by atoms with van der Waals surface area (Å²) in [6.45, 7) is 3.87. The molecule has 3 nitrogen and oxygen atoms in total. The molecule has 0 saturated heterocycles. The summed E-state index contributed by atoms with van der Waals surface area (Å²) in [5, 5.41) is 6.72. The van der Waals surface area contributed by atoms with Gasteiger partial charge in [-0.15, -0.1) is 11.3 Å². The van der Waals surface area contributed by atoms with E-state index in [0.29, 0.717) is 0 Å². The van der Waals surface area contributed by atoms with Crippen molar-refractivity contribution in [3.63, 3.8) is 0 Å². The second-order valence-corrected chi connectivity index (χ2v) is 5.10. The van der Waals surface area contributed by atoms with Gasteiger partial charge < -0.3 is 10.1 Å². The lowest BCUT2D eigenvalue weighted by Gasteiger charge is -2.05. The number of hydrogen-bond acceptors (Lipinski definition) is 4. The zero-order chi connectivity index (χ0) is 12.8. The molecule has 0 aliphatic rings. The molecular weight excluding hydrogens is 244 g/mol. The summed E-state index contributed by atoms with van der Waals surface area (Å²) in [6, 6.07) is 8.14. The molecule has 18 heavy (non-hydrogen) atoms. The Labute approximate surface area is 112 Å². The van der Waals surface area contributed by atoms with Crippen molar-refractivity contribution in [2.75, 3.05) is 13.7 Å². The molecule has 0 aliphatic heterocycles. The normalized spacial score (nSPS) is 10.6. The molecule has 1 aromatic heterocycles. The number of hydrogen-bond donors (Lipinski definition) is 1. The SMILES string of the molecule is COc1ccc(CNCCc2nc(C)cs2)cc1. The first-order valence-corrected chi connectivity index (χ1v) is 6.90. The van der Waals surface area contributed by atoms with Crippen molar-refractivity contribution in [2.24, 2.45) is 0 Å². The van der Waals surface area contributed by atoms with E-state index >= 15 is 0 Å². The minimum absolute atomic E-state index is 0.883. The fourth-order valence-corrected chi connectivity index (χ4v) is 2.46. The van der Waals surface area contributed by atoms with Crippen molar-refractivity contribution in [2.45, 2.75) is 19.9 Å². The Bertz CT molecular complexity index is 479. The highest BCUT2D eigenvalue weighted by atomic mass is 32.1. The zero-order valence-electron chi connectivity index (χ0n) is 10.8. The maximum absolute atomic E-state index is 5.13.